The molecule has 1 spiro atoms. The summed E-state index contributed by atoms with van der Waals surface area (Å²) in [7, 11) is 0. The van der Waals surface area contributed by atoms with Crippen LogP contribution in [0, 0.1) is 5.41 Å². The average molecular weight is 361 g/mol. The Balaban J connectivity index is 1.63. The second kappa shape index (κ2) is 4.56. The summed E-state index contributed by atoms with van der Waals surface area (Å²) >= 11 is 0. The molecule has 0 bridgehead atoms. The third kappa shape index (κ3) is 1.59. The van der Waals surface area contributed by atoms with Crippen molar-refractivity contribution < 1.29 is 14.6 Å². The van der Waals surface area contributed by atoms with Crippen molar-refractivity contribution in [1.29, 1.82) is 0 Å². The summed E-state index contributed by atoms with van der Waals surface area (Å²) in [5, 5.41) is 13.1. The van der Waals surface area contributed by atoms with Crippen LogP contribution in [0.25, 0.3) is 21.8 Å². The van der Waals surface area contributed by atoms with E-state index in [0.29, 0.717) is 6.42 Å². The van der Waals surface area contributed by atoms with Gasteiger partial charge in [-0.15, -0.1) is 0 Å². The van der Waals surface area contributed by atoms with Crippen LogP contribution in [0.5, 0.6) is 0 Å². The highest BCUT2D eigenvalue weighted by molar-refractivity contribution is 6.07. The molecule has 1 aliphatic heterocycles. The molecule has 3 aliphatic rings. The van der Waals surface area contributed by atoms with Crippen molar-refractivity contribution in [3.63, 3.8) is 0 Å². The molecule has 27 heavy (non-hydrogen) atoms. The van der Waals surface area contributed by atoms with Gasteiger partial charge < -0.3 is 14.8 Å². The van der Waals surface area contributed by atoms with Gasteiger partial charge in [0.2, 0.25) is 5.60 Å². The van der Waals surface area contributed by atoms with E-state index in [-0.39, 0.29) is 16.8 Å². The molecule has 4 heteroatoms. The number of carbonyl (C=O) groups excluding carboxylic acids is 1. The van der Waals surface area contributed by atoms with Crippen LogP contribution >= 0.6 is 0 Å². The van der Waals surface area contributed by atoms with Gasteiger partial charge in [0.15, 0.2) is 0 Å². The number of para-hydroxylation sites is 1. The lowest BCUT2D eigenvalue weighted by molar-refractivity contribution is -0.121. The Labute approximate surface area is 157 Å². The van der Waals surface area contributed by atoms with Crippen molar-refractivity contribution in [2.24, 2.45) is 5.41 Å². The van der Waals surface area contributed by atoms with Gasteiger partial charge in [0.05, 0.1) is 0 Å². The Hall–Kier alpha value is -2.33. The summed E-state index contributed by atoms with van der Waals surface area (Å²) in [6.45, 7) is 4.43. The topological polar surface area (TPSA) is 65.6 Å². The van der Waals surface area contributed by atoms with Crippen molar-refractivity contribution in [3.8, 4) is 0 Å². The molecular formula is C23H23NO3. The first-order valence-corrected chi connectivity index (χ1v) is 9.86. The monoisotopic (exact) mass is 361 g/mol. The minimum absolute atomic E-state index is 0.196. The fourth-order valence-corrected chi connectivity index (χ4v) is 6.29. The lowest BCUT2D eigenvalue weighted by Gasteiger charge is -2.56. The highest BCUT2D eigenvalue weighted by Gasteiger charge is 2.79. The third-order valence-corrected chi connectivity index (χ3v) is 8.16. The van der Waals surface area contributed by atoms with Gasteiger partial charge in [0.1, 0.15) is 6.10 Å². The molecule has 2 heterocycles. The summed E-state index contributed by atoms with van der Waals surface area (Å²) in [6, 6.07) is 13.0. The Morgan fingerprint density at radius 3 is 2.67 bits per heavy atom. The number of rotatable bonds is 0. The largest absolute Gasteiger partial charge is 0.440 e. The van der Waals surface area contributed by atoms with Crippen molar-refractivity contribution in [3.05, 3.63) is 47.5 Å². The summed E-state index contributed by atoms with van der Waals surface area (Å²) in [5.41, 5.74) is 3.41. The predicted octanol–water partition coefficient (Wildman–Crippen LogP) is 3.98. The van der Waals surface area contributed by atoms with E-state index in [1.54, 1.807) is 0 Å². The van der Waals surface area contributed by atoms with Crippen LogP contribution in [-0.4, -0.2) is 27.8 Å². The summed E-state index contributed by atoms with van der Waals surface area (Å²) in [5.74, 6) is -0.222. The van der Waals surface area contributed by atoms with E-state index >= 15 is 0 Å². The number of benzene rings is 2. The number of aliphatic hydroxyl groups excluding tert-OH is 1. The minimum atomic E-state index is -1.01. The molecule has 0 radical (unpaired) electrons. The van der Waals surface area contributed by atoms with Gasteiger partial charge >= 0.3 is 5.97 Å². The van der Waals surface area contributed by atoms with Crippen LogP contribution in [-0.2, 0) is 21.4 Å². The number of aromatic nitrogens is 1. The van der Waals surface area contributed by atoms with Crippen molar-refractivity contribution in [2.75, 3.05) is 0 Å². The molecule has 2 N–H and O–H groups in total. The maximum atomic E-state index is 12.3. The first kappa shape index (κ1) is 15.7. The fourth-order valence-electron chi connectivity index (χ4n) is 6.29. The van der Waals surface area contributed by atoms with Gasteiger partial charge in [-0.1, -0.05) is 32.0 Å². The number of aromatic amines is 1. The number of fused-ring (bicyclic) bond motifs is 7. The van der Waals surface area contributed by atoms with Gasteiger partial charge in [0.25, 0.3) is 0 Å². The molecule has 1 aromatic heterocycles. The number of hydrogen-bond donors (Lipinski definition) is 2. The molecule has 1 saturated carbocycles. The zero-order valence-electron chi connectivity index (χ0n) is 15.6. The number of H-pyrrole nitrogens is 1. The molecule has 4 atom stereocenters. The minimum Gasteiger partial charge on any atom is -0.440 e. The van der Waals surface area contributed by atoms with Gasteiger partial charge in [0, 0.05) is 32.6 Å². The van der Waals surface area contributed by atoms with E-state index in [2.05, 4.69) is 55.2 Å². The Morgan fingerprint density at radius 1 is 1.11 bits per heavy atom. The molecule has 2 aromatic carbocycles. The summed E-state index contributed by atoms with van der Waals surface area (Å²) < 4.78 is 5.56. The second-order valence-electron chi connectivity index (χ2n) is 9.07. The summed E-state index contributed by atoms with van der Waals surface area (Å²) in [6.07, 6.45) is 2.53. The highest BCUT2D eigenvalue weighted by atomic mass is 16.7. The lowest BCUT2D eigenvalue weighted by atomic mass is 9.45. The van der Waals surface area contributed by atoms with E-state index in [0.717, 1.165) is 24.8 Å². The molecule has 0 amide bonds. The lowest BCUT2D eigenvalue weighted by Crippen LogP contribution is -2.62. The predicted molar refractivity (Wildman–Crippen MR) is 104 cm³/mol. The maximum absolute atomic E-state index is 12.3. The van der Waals surface area contributed by atoms with Gasteiger partial charge in [-0.05, 0) is 55.0 Å². The zero-order valence-corrected chi connectivity index (χ0v) is 15.6. The van der Waals surface area contributed by atoms with Crippen LogP contribution in [0.2, 0.25) is 0 Å². The number of aliphatic hydroxyl groups is 1. The Morgan fingerprint density at radius 2 is 1.89 bits per heavy atom. The van der Waals surface area contributed by atoms with Crippen LogP contribution in [0.4, 0.5) is 0 Å². The molecule has 3 aromatic rings. The quantitative estimate of drug-likeness (QED) is 0.595. The number of hydrogen-bond acceptors (Lipinski definition) is 3. The number of epoxide rings is 1. The molecular weight excluding hydrogens is 338 g/mol. The molecule has 4 nitrogen and oxygen atoms in total. The molecule has 2 fully saturated rings. The molecule has 2 aliphatic carbocycles. The van der Waals surface area contributed by atoms with Crippen molar-refractivity contribution >= 4 is 27.8 Å². The third-order valence-electron chi connectivity index (χ3n) is 8.16. The van der Waals surface area contributed by atoms with E-state index < -0.39 is 11.7 Å². The standard InChI is InChI=1S/C23H23NO3/c1-21-9-8-19(25)23(20(26)27-23)22(21,2)10-7-13-11-18-15(12-16(13)21)14-5-3-4-6-17(14)24-18/h3-6,11-12,19,24-25H,7-10H2,1-2H3/t19-,21+,22?,23+/m0/s1. The number of nitrogens with one attached hydrogen (secondary N) is 1. The van der Waals surface area contributed by atoms with E-state index in [1.165, 1.54) is 27.4 Å². The number of aryl methyl sites for hydroxylation is 1. The van der Waals surface area contributed by atoms with Gasteiger partial charge in [-0.3, -0.25) is 0 Å². The van der Waals surface area contributed by atoms with Crippen LogP contribution in [0.1, 0.15) is 44.2 Å². The van der Waals surface area contributed by atoms with E-state index in [9.17, 15) is 9.90 Å². The molecule has 1 unspecified atom stereocenters. The zero-order chi connectivity index (χ0) is 18.6. The van der Waals surface area contributed by atoms with E-state index in [4.69, 9.17) is 4.74 Å². The average Bonchev–Trinajstić information content (AvgIpc) is 3.22. The molecule has 138 valence electrons. The van der Waals surface area contributed by atoms with Crippen molar-refractivity contribution in [2.45, 2.75) is 56.7 Å². The first-order valence-electron chi connectivity index (χ1n) is 9.86. The van der Waals surface area contributed by atoms with Crippen molar-refractivity contribution in [1.82, 2.24) is 4.98 Å². The molecule has 6 rings (SSSR count). The smallest absolute Gasteiger partial charge is 0.355 e. The van der Waals surface area contributed by atoms with Crippen LogP contribution in [0.15, 0.2) is 36.4 Å². The summed E-state index contributed by atoms with van der Waals surface area (Å²) in [4.78, 5) is 15.9. The van der Waals surface area contributed by atoms with Gasteiger partial charge in [-0.25, -0.2) is 4.79 Å². The maximum Gasteiger partial charge on any atom is 0.355 e. The first-order chi connectivity index (χ1) is 12.9. The number of ether oxygens (including phenoxy) is 1. The van der Waals surface area contributed by atoms with E-state index in [1.807, 2.05) is 0 Å². The Bertz CT molecular complexity index is 1150. The Kier molecular flexibility index (Phi) is 2.65. The molecule has 1 saturated heterocycles. The normalized spacial score (nSPS) is 37.3. The van der Waals surface area contributed by atoms with Crippen LogP contribution < -0.4 is 0 Å². The second-order valence-corrected chi connectivity index (χ2v) is 9.07. The number of carbonyl (C=O) groups is 1. The SMILES string of the molecule is CC12CCc3cc4[nH]c5ccccc5c4cc3[C@@]1(C)CC[C@H](O)[C@]21OC1=O. The van der Waals surface area contributed by atoms with Crippen LogP contribution in [0.3, 0.4) is 0 Å². The fraction of sp³-hybridized carbons (Fsp3) is 0.435. The van der Waals surface area contributed by atoms with Gasteiger partial charge in [-0.2, -0.15) is 0 Å². The highest BCUT2D eigenvalue weighted by Crippen LogP contribution is 2.67.